The van der Waals surface area contributed by atoms with Crippen LogP contribution in [0.3, 0.4) is 0 Å². The summed E-state index contributed by atoms with van der Waals surface area (Å²) in [5.74, 6) is 2.30. The molecule has 1 N–H and O–H groups in total. The highest BCUT2D eigenvalue weighted by molar-refractivity contribution is 7.99. The van der Waals surface area contributed by atoms with E-state index in [1.54, 1.807) is 0 Å². The van der Waals surface area contributed by atoms with E-state index in [1.165, 1.54) is 5.75 Å². The first-order valence-electron chi connectivity index (χ1n) is 5.59. The predicted octanol–water partition coefficient (Wildman–Crippen LogP) is 0.449. The number of urea groups is 1. The molecular weight excluding hydrogens is 210 g/mol. The Kier molecular flexibility index (Phi) is 3.75. The zero-order chi connectivity index (χ0) is 10.7. The molecule has 2 fully saturated rings. The van der Waals surface area contributed by atoms with Gasteiger partial charge in [0, 0.05) is 45.0 Å². The smallest absolute Gasteiger partial charge is 0.320 e. The normalized spacial score (nSPS) is 26.7. The van der Waals surface area contributed by atoms with Gasteiger partial charge in [0.25, 0.3) is 0 Å². The molecule has 15 heavy (non-hydrogen) atoms. The van der Waals surface area contributed by atoms with Crippen molar-refractivity contribution in [1.82, 2.24) is 15.1 Å². The van der Waals surface area contributed by atoms with Crippen LogP contribution in [0.1, 0.15) is 6.42 Å². The molecular formula is C10H19N3OS. The Morgan fingerprint density at radius 3 is 2.80 bits per heavy atom. The SMILES string of the molecule is CN(C(=O)N1CCNCC1)C1CCSC1. The Morgan fingerprint density at radius 2 is 2.20 bits per heavy atom. The standard InChI is InChI=1S/C10H19N3OS/c1-12(9-2-7-15-8-9)10(14)13-5-3-11-4-6-13/h9,11H,2-8H2,1H3. The number of carbonyl (C=O) groups is 1. The van der Waals surface area contributed by atoms with Gasteiger partial charge in [0.15, 0.2) is 0 Å². The van der Waals surface area contributed by atoms with Crippen LogP contribution >= 0.6 is 11.8 Å². The van der Waals surface area contributed by atoms with Crippen LogP contribution in [0, 0.1) is 0 Å². The van der Waals surface area contributed by atoms with Crippen molar-refractivity contribution in [1.29, 1.82) is 0 Å². The van der Waals surface area contributed by atoms with Gasteiger partial charge in [0.1, 0.15) is 0 Å². The van der Waals surface area contributed by atoms with E-state index in [0.717, 1.165) is 38.4 Å². The highest BCUT2D eigenvalue weighted by Crippen LogP contribution is 2.22. The molecule has 2 amide bonds. The van der Waals surface area contributed by atoms with Gasteiger partial charge in [-0.2, -0.15) is 11.8 Å². The lowest BCUT2D eigenvalue weighted by Gasteiger charge is -2.33. The maximum Gasteiger partial charge on any atom is 0.320 e. The van der Waals surface area contributed by atoms with E-state index in [0.29, 0.717) is 6.04 Å². The number of thioether (sulfide) groups is 1. The van der Waals surface area contributed by atoms with Crippen molar-refractivity contribution in [3.63, 3.8) is 0 Å². The summed E-state index contributed by atoms with van der Waals surface area (Å²) in [4.78, 5) is 16.0. The van der Waals surface area contributed by atoms with E-state index in [-0.39, 0.29) is 6.03 Å². The topological polar surface area (TPSA) is 35.6 Å². The molecule has 86 valence electrons. The summed E-state index contributed by atoms with van der Waals surface area (Å²) >= 11 is 1.95. The average molecular weight is 229 g/mol. The lowest BCUT2D eigenvalue weighted by molar-refractivity contribution is 0.144. The molecule has 2 aliphatic heterocycles. The van der Waals surface area contributed by atoms with Crippen molar-refractivity contribution in [2.24, 2.45) is 0 Å². The quantitative estimate of drug-likeness (QED) is 0.709. The highest BCUT2D eigenvalue weighted by Gasteiger charge is 2.27. The number of amides is 2. The van der Waals surface area contributed by atoms with Gasteiger partial charge in [-0.25, -0.2) is 4.79 Å². The molecule has 0 aliphatic carbocycles. The van der Waals surface area contributed by atoms with Crippen LogP contribution in [0.15, 0.2) is 0 Å². The summed E-state index contributed by atoms with van der Waals surface area (Å²) in [5, 5.41) is 3.26. The largest absolute Gasteiger partial charge is 0.324 e. The van der Waals surface area contributed by atoms with E-state index >= 15 is 0 Å². The summed E-state index contributed by atoms with van der Waals surface area (Å²) in [5.41, 5.74) is 0. The first-order chi connectivity index (χ1) is 7.29. The van der Waals surface area contributed by atoms with Gasteiger partial charge in [0.05, 0.1) is 0 Å². The molecule has 2 saturated heterocycles. The number of hydrogen-bond donors (Lipinski definition) is 1. The number of rotatable bonds is 1. The molecule has 5 heteroatoms. The van der Waals surface area contributed by atoms with Crippen LogP contribution in [0.2, 0.25) is 0 Å². The molecule has 0 aromatic rings. The first-order valence-corrected chi connectivity index (χ1v) is 6.74. The molecule has 4 nitrogen and oxygen atoms in total. The van der Waals surface area contributed by atoms with Crippen molar-refractivity contribution in [2.45, 2.75) is 12.5 Å². The van der Waals surface area contributed by atoms with Crippen LogP contribution in [-0.4, -0.2) is 66.6 Å². The van der Waals surface area contributed by atoms with Crippen LogP contribution in [0.4, 0.5) is 4.79 Å². The van der Waals surface area contributed by atoms with Gasteiger partial charge < -0.3 is 15.1 Å². The minimum atomic E-state index is 0.212. The van der Waals surface area contributed by atoms with Crippen LogP contribution < -0.4 is 5.32 Å². The Morgan fingerprint density at radius 1 is 1.47 bits per heavy atom. The Balaban J connectivity index is 1.87. The monoisotopic (exact) mass is 229 g/mol. The third kappa shape index (κ3) is 2.58. The van der Waals surface area contributed by atoms with Gasteiger partial charge in [0.2, 0.25) is 0 Å². The maximum absolute atomic E-state index is 12.1. The molecule has 1 atom stereocenters. The summed E-state index contributed by atoms with van der Waals surface area (Å²) in [6.07, 6.45) is 1.15. The molecule has 0 radical (unpaired) electrons. The molecule has 2 heterocycles. The molecule has 0 saturated carbocycles. The predicted molar refractivity (Wildman–Crippen MR) is 63.3 cm³/mol. The number of piperazine rings is 1. The second kappa shape index (κ2) is 5.07. The van der Waals surface area contributed by atoms with Crippen molar-refractivity contribution in [3.8, 4) is 0 Å². The Labute approximate surface area is 95.4 Å². The third-order valence-corrected chi connectivity index (χ3v) is 4.29. The van der Waals surface area contributed by atoms with Crippen molar-refractivity contribution in [3.05, 3.63) is 0 Å². The average Bonchev–Trinajstić information content (AvgIpc) is 2.82. The fourth-order valence-corrected chi connectivity index (χ4v) is 3.33. The lowest BCUT2D eigenvalue weighted by atomic mass is 10.2. The molecule has 0 bridgehead atoms. The van der Waals surface area contributed by atoms with E-state index in [2.05, 4.69) is 5.32 Å². The number of nitrogens with zero attached hydrogens (tertiary/aromatic N) is 2. The van der Waals surface area contributed by atoms with Gasteiger partial charge in [-0.3, -0.25) is 0 Å². The Bertz CT molecular complexity index is 225. The van der Waals surface area contributed by atoms with E-state index in [9.17, 15) is 4.79 Å². The zero-order valence-corrected chi connectivity index (χ0v) is 10.1. The molecule has 1 unspecified atom stereocenters. The molecule has 0 aromatic heterocycles. The number of hydrogen-bond acceptors (Lipinski definition) is 3. The summed E-state index contributed by atoms with van der Waals surface area (Å²) < 4.78 is 0. The molecule has 2 rings (SSSR count). The molecule has 2 aliphatic rings. The van der Waals surface area contributed by atoms with Gasteiger partial charge in [-0.15, -0.1) is 0 Å². The van der Waals surface area contributed by atoms with Crippen molar-refractivity contribution in [2.75, 3.05) is 44.7 Å². The van der Waals surface area contributed by atoms with Gasteiger partial charge in [-0.1, -0.05) is 0 Å². The van der Waals surface area contributed by atoms with Gasteiger partial charge in [-0.05, 0) is 12.2 Å². The zero-order valence-electron chi connectivity index (χ0n) is 9.24. The summed E-state index contributed by atoms with van der Waals surface area (Å²) in [6, 6.07) is 0.668. The first kappa shape index (κ1) is 11.1. The van der Waals surface area contributed by atoms with E-state index in [4.69, 9.17) is 0 Å². The van der Waals surface area contributed by atoms with Crippen LogP contribution in [0.25, 0.3) is 0 Å². The number of nitrogens with one attached hydrogen (secondary N) is 1. The van der Waals surface area contributed by atoms with Gasteiger partial charge >= 0.3 is 6.03 Å². The van der Waals surface area contributed by atoms with Crippen LogP contribution in [0.5, 0.6) is 0 Å². The summed E-state index contributed by atoms with van der Waals surface area (Å²) in [6.45, 7) is 3.56. The van der Waals surface area contributed by atoms with Crippen LogP contribution in [-0.2, 0) is 0 Å². The van der Waals surface area contributed by atoms with Crippen molar-refractivity contribution < 1.29 is 4.79 Å². The second-order valence-corrected chi connectivity index (χ2v) is 5.30. The minimum Gasteiger partial charge on any atom is -0.324 e. The van der Waals surface area contributed by atoms with E-state index < -0.39 is 0 Å². The Hall–Kier alpha value is -0.420. The third-order valence-electron chi connectivity index (χ3n) is 3.14. The maximum atomic E-state index is 12.1. The highest BCUT2D eigenvalue weighted by atomic mass is 32.2. The lowest BCUT2D eigenvalue weighted by Crippen LogP contribution is -2.52. The fraction of sp³-hybridized carbons (Fsp3) is 0.900. The van der Waals surface area contributed by atoms with Crippen molar-refractivity contribution >= 4 is 17.8 Å². The summed E-state index contributed by atoms with van der Waals surface area (Å²) in [7, 11) is 1.95. The molecule has 0 aromatic carbocycles. The fourth-order valence-electron chi connectivity index (χ4n) is 2.06. The number of carbonyl (C=O) groups excluding carboxylic acids is 1. The minimum absolute atomic E-state index is 0.212. The van der Waals surface area contributed by atoms with E-state index in [1.807, 2.05) is 28.6 Å². The second-order valence-electron chi connectivity index (χ2n) is 4.15. The molecule has 0 spiro atoms.